The maximum absolute atomic E-state index is 12.5. The summed E-state index contributed by atoms with van der Waals surface area (Å²) in [6.07, 6.45) is 1.26. The zero-order valence-corrected chi connectivity index (χ0v) is 16.8. The Morgan fingerprint density at radius 2 is 1.86 bits per heavy atom. The van der Waals surface area contributed by atoms with Crippen LogP contribution in [-0.4, -0.2) is 48.9 Å². The summed E-state index contributed by atoms with van der Waals surface area (Å²) in [6, 6.07) is 10.9. The Balaban J connectivity index is 1.66. The number of carbonyl (C=O) groups excluding carboxylic acids is 2. The average molecular weight is 397 g/mol. The van der Waals surface area contributed by atoms with Crippen LogP contribution in [0, 0.1) is 0 Å². The van der Waals surface area contributed by atoms with E-state index in [1.807, 2.05) is 36.4 Å². The first-order valence-corrected chi connectivity index (χ1v) is 9.06. The highest BCUT2D eigenvalue weighted by molar-refractivity contribution is 5.95. The Bertz CT molecular complexity index is 1030. The number of oxazole rings is 1. The Morgan fingerprint density at radius 3 is 2.55 bits per heavy atom. The van der Waals surface area contributed by atoms with Crippen molar-refractivity contribution in [1.82, 2.24) is 15.2 Å². The number of nitrogens with zero attached hydrogens (tertiary/aromatic N) is 2. The van der Waals surface area contributed by atoms with Crippen LogP contribution in [-0.2, 0) is 11.4 Å². The van der Waals surface area contributed by atoms with Crippen molar-refractivity contribution in [2.24, 2.45) is 0 Å². The van der Waals surface area contributed by atoms with Gasteiger partial charge >= 0.3 is 0 Å². The second kappa shape index (κ2) is 8.64. The van der Waals surface area contributed by atoms with Crippen LogP contribution in [0.4, 0.5) is 0 Å². The van der Waals surface area contributed by atoms with E-state index in [1.165, 1.54) is 25.3 Å². The number of fused-ring (bicyclic) bond motifs is 1. The second-order valence-corrected chi connectivity index (χ2v) is 6.50. The third-order valence-electron chi connectivity index (χ3n) is 4.68. The first-order chi connectivity index (χ1) is 13.9. The highest BCUT2D eigenvalue weighted by atomic mass is 16.5. The summed E-state index contributed by atoms with van der Waals surface area (Å²) in [6.45, 7) is 1.70. The van der Waals surface area contributed by atoms with E-state index in [4.69, 9.17) is 13.9 Å². The molecule has 2 amide bonds. The maximum Gasteiger partial charge on any atom is 0.276 e. The van der Waals surface area contributed by atoms with Gasteiger partial charge in [0.05, 0.1) is 7.11 Å². The van der Waals surface area contributed by atoms with E-state index >= 15 is 0 Å². The quantitative estimate of drug-likeness (QED) is 0.659. The molecule has 0 aliphatic rings. The van der Waals surface area contributed by atoms with E-state index in [1.54, 1.807) is 14.0 Å². The lowest BCUT2D eigenvalue weighted by atomic mass is 10.1. The predicted molar refractivity (Wildman–Crippen MR) is 107 cm³/mol. The van der Waals surface area contributed by atoms with E-state index in [9.17, 15) is 9.59 Å². The van der Waals surface area contributed by atoms with Gasteiger partial charge in [-0.3, -0.25) is 9.59 Å². The molecule has 1 heterocycles. The van der Waals surface area contributed by atoms with Crippen molar-refractivity contribution in [2.45, 2.75) is 19.6 Å². The molecule has 1 unspecified atom stereocenters. The standard InChI is InChI=1S/C21H23N3O5/c1-13(20(25)22-2)24(3)21(26)18-11-29-19(23-18)12-28-17-8-6-14-5-7-16(27-4)9-15(14)10-17/h5-11,13H,12H2,1-4H3,(H,22,25). The number of ether oxygens (including phenoxy) is 2. The number of nitrogens with one attached hydrogen (secondary N) is 1. The van der Waals surface area contributed by atoms with E-state index in [-0.39, 0.29) is 24.1 Å². The molecule has 29 heavy (non-hydrogen) atoms. The lowest BCUT2D eigenvalue weighted by molar-refractivity contribution is -0.124. The number of hydrogen-bond donors (Lipinski definition) is 1. The molecule has 1 aromatic heterocycles. The SMILES string of the molecule is CNC(=O)C(C)N(C)C(=O)c1coc(COc2ccc3ccc(OC)cc3c2)n1. The molecular formula is C21H23N3O5. The number of aromatic nitrogens is 1. The van der Waals surface area contributed by atoms with Crippen LogP contribution in [0.1, 0.15) is 23.3 Å². The third kappa shape index (κ3) is 4.48. The molecule has 0 saturated carbocycles. The van der Waals surface area contributed by atoms with Gasteiger partial charge in [0.25, 0.3) is 5.91 Å². The maximum atomic E-state index is 12.5. The summed E-state index contributed by atoms with van der Waals surface area (Å²) in [5.74, 6) is 0.998. The molecule has 1 N–H and O–H groups in total. The number of methoxy groups -OCH3 is 1. The zero-order valence-electron chi connectivity index (χ0n) is 16.8. The number of likely N-dealkylation sites (N-methyl/N-ethyl adjacent to an activating group) is 2. The molecule has 0 spiro atoms. The van der Waals surface area contributed by atoms with Crippen molar-refractivity contribution in [1.29, 1.82) is 0 Å². The van der Waals surface area contributed by atoms with Crippen LogP contribution in [0.15, 0.2) is 47.1 Å². The Kier molecular flexibility index (Phi) is 6.01. The van der Waals surface area contributed by atoms with Gasteiger partial charge in [0, 0.05) is 14.1 Å². The summed E-state index contributed by atoms with van der Waals surface area (Å²) >= 11 is 0. The van der Waals surface area contributed by atoms with Crippen LogP contribution >= 0.6 is 0 Å². The fourth-order valence-electron chi connectivity index (χ4n) is 2.78. The molecule has 3 aromatic rings. The molecule has 152 valence electrons. The van der Waals surface area contributed by atoms with Crippen molar-refractivity contribution in [3.05, 3.63) is 54.2 Å². The van der Waals surface area contributed by atoms with Gasteiger partial charge < -0.3 is 24.1 Å². The van der Waals surface area contributed by atoms with E-state index < -0.39 is 11.9 Å². The van der Waals surface area contributed by atoms with Gasteiger partial charge in [-0.25, -0.2) is 4.98 Å². The number of benzene rings is 2. The lowest BCUT2D eigenvalue weighted by Crippen LogP contribution is -2.44. The molecule has 0 bridgehead atoms. The van der Waals surface area contributed by atoms with Gasteiger partial charge in [-0.1, -0.05) is 12.1 Å². The summed E-state index contributed by atoms with van der Waals surface area (Å²) < 4.78 is 16.3. The fourth-order valence-corrected chi connectivity index (χ4v) is 2.78. The van der Waals surface area contributed by atoms with Gasteiger partial charge in [0.1, 0.15) is 23.8 Å². The molecule has 0 fully saturated rings. The van der Waals surface area contributed by atoms with Gasteiger partial charge in [0.15, 0.2) is 12.3 Å². The molecule has 2 aromatic carbocycles. The van der Waals surface area contributed by atoms with Crippen molar-refractivity contribution < 1.29 is 23.5 Å². The largest absolute Gasteiger partial charge is 0.497 e. The Morgan fingerprint density at radius 1 is 1.17 bits per heavy atom. The van der Waals surface area contributed by atoms with Crippen molar-refractivity contribution in [2.75, 3.05) is 21.2 Å². The summed E-state index contributed by atoms with van der Waals surface area (Å²) in [7, 11) is 4.68. The molecule has 0 saturated heterocycles. The highest BCUT2D eigenvalue weighted by Crippen LogP contribution is 2.25. The molecule has 8 heteroatoms. The van der Waals surface area contributed by atoms with E-state index in [0.717, 1.165) is 16.5 Å². The van der Waals surface area contributed by atoms with Crippen LogP contribution in [0.3, 0.4) is 0 Å². The first kappa shape index (κ1) is 20.2. The smallest absolute Gasteiger partial charge is 0.276 e. The summed E-state index contributed by atoms with van der Waals surface area (Å²) in [5.41, 5.74) is 0.116. The second-order valence-electron chi connectivity index (χ2n) is 6.50. The zero-order chi connectivity index (χ0) is 21.0. The Labute approximate surface area is 168 Å². The monoisotopic (exact) mass is 397 g/mol. The van der Waals surface area contributed by atoms with Crippen molar-refractivity contribution in [3.8, 4) is 11.5 Å². The van der Waals surface area contributed by atoms with Gasteiger partial charge in [0.2, 0.25) is 11.8 Å². The first-order valence-electron chi connectivity index (χ1n) is 9.06. The van der Waals surface area contributed by atoms with Gasteiger partial charge in [-0.2, -0.15) is 0 Å². The topological polar surface area (TPSA) is 93.9 Å². The fraction of sp³-hybridized carbons (Fsp3) is 0.286. The average Bonchev–Trinajstić information content (AvgIpc) is 3.23. The minimum Gasteiger partial charge on any atom is -0.497 e. The third-order valence-corrected chi connectivity index (χ3v) is 4.68. The number of carbonyl (C=O) groups is 2. The number of rotatable bonds is 7. The van der Waals surface area contributed by atoms with Crippen LogP contribution < -0.4 is 14.8 Å². The highest BCUT2D eigenvalue weighted by Gasteiger charge is 2.24. The van der Waals surface area contributed by atoms with E-state index in [2.05, 4.69) is 10.3 Å². The summed E-state index contributed by atoms with van der Waals surface area (Å²) in [4.78, 5) is 29.7. The minimum atomic E-state index is -0.626. The Hall–Kier alpha value is -3.55. The van der Waals surface area contributed by atoms with E-state index in [0.29, 0.717) is 5.75 Å². The molecule has 0 aliphatic heterocycles. The molecule has 3 rings (SSSR count). The molecule has 1 atom stereocenters. The van der Waals surface area contributed by atoms with Gasteiger partial charge in [-0.05, 0) is 42.0 Å². The summed E-state index contributed by atoms with van der Waals surface area (Å²) in [5, 5.41) is 4.56. The van der Waals surface area contributed by atoms with Gasteiger partial charge in [-0.15, -0.1) is 0 Å². The van der Waals surface area contributed by atoms with Crippen molar-refractivity contribution >= 4 is 22.6 Å². The lowest BCUT2D eigenvalue weighted by Gasteiger charge is -2.22. The molecular weight excluding hydrogens is 374 g/mol. The normalized spacial score (nSPS) is 11.7. The van der Waals surface area contributed by atoms with Crippen LogP contribution in [0.2, 0.25) is 0 Å². The molecule has 0 radical (unpaired) electrons. The molecule has 0 aliphatic carbocycles. The van der Waals surface area contributed by atoms with Crippen molar-refractivity contribution in [3.63, 3.8) is 0 Å². The van der Waals surface area contributed by atoms with Crippen LogP contribution in [0.5, 0.6) is 11.5 Å². The minimum absolute atomic E-state index is 0.0669. The number of hydrogen-bond acceptors (Lipinski definition) is 6. The number of amides is 2. The molecule has 8 nitrogen and oxygen atoms in total. The van der Waals surface area contributed by atoms with Crippen LogP contribution in [0.25, 0.3) is 10.8 Å². The predicted octanol–water partition coefficient (Wildman–Crippen LogP) is 2.62.